The van der Waals surface area contributed by atoms with Crippen molar-refractivity contribution in [2.24, 2.45) is 13.0 Å². The van der Waals surface area contributed by atoms with Gasteiger partial charge in [-0.25, -0.2) is 4.98 Å². The maximum Gasteiger partial charge on any atom is 0.238 e. The van der Waals surface area contributed by atoms with Crippen LogP contribution in [0.1, 0.15) is 11.4 Å². The lowest BCUT2D eigenvalue weighted by Gasteiger charge is -2.10. The molecule has 0 bridgehead atoms. The Kier molecular flexibility index (Phi) is 4.51. The van der Waals surface area contributed by atoms with Crippen molar-refractivity contribution in [3.8, 4) is 6.07 Å². The van der Waals surface area contributed by atoms with E-state index in [9.17, 15) is 4.79 Å². The summed E-state index contributed by atoms with van der Waals surface area (Å²) in [6.45, 7) is 0.329. The largest absolute Gasteiger partial charge is 0.348 e. The second-order valence-electron chi connectivity index (χ2n) is 4.54. The maximum absolute atomic E-state index is 12.0. The number of imidazole rings is 1. The van der Waals surface area contributed by atoms with Crippen LogP contribution >= 0.6 is 0 Å². The van der Waals surface area contributed by atoms with Crippen LogP contribution in [0.2, 0.25) is 0 Å². The molecule has 0 saturated heterocycles. The number of rotatable bonds is 5. The number of aryl methyl sites for hydroxylation is 1. The van der Waals surface area contributed by atoms with Crippen LogP contribution in [0.4, 0.5) is 0 Å². The van der Waals surface area contributed by atoms with Gasteiger partial charge < -0.3 is 9.88 Å². The van der Waals surface area contributed by atoms with E-state index in [4.69, 9.17) is 5.26 Å². The van der Waals surface area contributed by atoms with Crippen LogP contribution in [0.5, 0.6) is 0 Å². The zero-order valence-corrected chi connectivity index (χ0v) is 11.3. The van der Waals surface area contributed by atoms with Crippen molar-refractivity contribution in [3.63, 3.8) is 0 Å². The van der Waals surface area contributed by atoms with Gasteiger partial charge in [0.15, 0.2) is 0 Å². The van der Waals surface area contributed by atoms with Crippen LogP contribution in [0.15, 0.2) is 42.7 Å². The van der Waals surface area contributed by atoms with Crippen LogP contribution in [0.25, 0.3) is 0 Å². The Balaban J connectivity index is 1.93. The maximum atomic E-state index is 12.0. The molecule has 0 aliphatic heterocycles. The lowest BCUT2D eigenvalue weighted by Crippen LogP contribution is -2.31. The molecule has 2 aromatic rings. The minimum atomic E-state index is -0.683. The number of nitrogens with zero attached hydrogens (tertiary/aromatic N) is 3. The molecule has 1 atom stereocenters. The Bertz CT molecular complexity index is 612. The second kappa shape index (κ2) is 6.53. The van der Waals surface area contributed by atoms with Gasteiger partial charge in [0, 0.05) is 19.4 Å². The van der Waals surface area contributed by atoms with Crippen molar-refractivity contribution in [3.05, 3.63) is 54.1 Å². The van der Waals surface area contributed by atoms with E-state index < -0.39 is 5.92 Å². The number of benzene rings is 1. The third-order valence-corrected chi connectivity index (χ3v) is 3.10. The first-order valence-electron chi connectivity index (χ1n) is 6.38. The Hall–Kier alpha value is -2.61. The molecular formula is C15H16N4O. The molecule has 1 amide bonds. The number of carbonyl (C=O) groups is 1. The van der Waals surface area contributed by atoms with Crippen molar-refractivity contribution in [1.29, 1.82) is 5.26 Å². The van der Waals surface area contributed by atoms with Crippen LogP contribution in [0.3, 0.4) is 0 Å². The highest BCUT2D eigenvalue weighted by Crippen LogP contribution is 2.08. The van der Waals surface area contributed by atoms with E-state index in [1.54, 1.807) is 6.20 Å². The van der Waals surface area contributed by atoms with Crippen LogP contribution in [-0.2, 0) is 24.8 Å². The van der Waals surface area contributed by atoms with Gasteiger partial charge in [-0.2, -0.15) is 5.26 Å². The predicted octanol–water partition coefficient (Wildman–Crippen LogP) is 1.42. The van der Waals surface area contributed by atoms with E-state index in [-0.39, 0.29) is 5.91 Å². The first-order valence-corrected chi connectivity index (χ1v) is 6.38. The normalized spacial score (nSPS) is 11.6. The summed E-state index contributed by atoms with van der Waals surface area (Å²) >= 11 is 0. The summed E-state index contributed by atoms with van der Waals surface area (Å²) in [5.41, 5.74) is 0.978. The Morgan fingerprint density at radius 1 is 1.45 bits per heavy atom. The zero-order valence-electron chi connectivity index (χ0n) is 11.3. The molecular weight excluding hydrogens is 252 g/mol. The average Bonchev–Trinajstić information content (AvgIpc) is 2.88. The number of carbonyl (C=O) groups excluding carboxylic acids is 1. The molecule has 5 heteroatoms. The molecule has 0 saturated carbocycles. The molecule has 1 unspecified atom stereocenters. The highest BCUT2D eigenvalue weighted by atomic mass is 16.1. The molecule has 20 heavy (non-hydrogen) atoms. The highest BCUT2D eigenvalue weighted by Gasteiger charge is 2.18. The highest BCUT2D eigenvalue weighted by molar-refractivity contribution is 5.81. The fraction of sp³-hybridized carbons (Fsp3) is 0.267. The molecule has 0 radical (unpaired) electrons. The molecule has 102 valence electrons. The summed E-state index contributed by atoms with van der Waals surface area (Å²) in [5.74, 6) is -0.188. The smallest absolute Gasteiger partial charge is 0.238 e. The Labute approximate surface area is 117 Å². The van der Waals surface area contributed by atoms with Crippen molar-refractivity contribution < 1.29 is 4.79 Å². The molecule has 0 spiro atoms. The third kappa shape index (κ3) is 3.45. The average molecular weight is 268 g/mol. The molecule has 5 nitrogen and oxygen atoms in total. The molecule has 1 aromatic carbocycles. The minimum absolute atomic E-state index is 0.264. The number of hydrogen-bond acceptors (Lipinski definition) is 3. The molecule has 1 heterocycles. The number of hydrogen-bond donors (Lipinski definition) is 1. The van der Waals surface area contributed by atoms with Crippen molar-refractivity contribution >= 4 is 5.91 Å². The first-order chi connectivity index (χ1) is 9.70. The molecule has 1 N–H and O–H groups in total. The SMILES string of the molecule is Cn1ccnc1CNC(=O)C(C#N)Cc1ccccc1. The lowest BCUT2D eigenvalue weighted by molar-refractivity contribution is -0.123. The van der Waals surface area contributed by atoms with Gasteiger partial charge in [0.1, 0.15) is 11.7 Å². The molecule has 1 aromatic heterocycles. The van der Waals surface area contributed by atoms with Crippen molar-refractivity contribution in [1.82, 2.24) is 14.9 Å². The predicted molar refractivity (Wildman–Crippen MR) is 74.3 cm³/mol. The summed E-state index contributed by atoms with van der Waals surface area (Å²) in [6.07, 6.45) is 3.91. The van der Waals surface area contributed by atoms with Crippen molar-refractivity contribution in [2.45, 2.75) is 13.0 Å². The van der Waals surface area contributed by atoms with E-state index in [0.717, 1.165) is 11.4 Å². The number of nitriles is 1. The number of aromatic nitrogens is 2. The fourth-order valence-electron chi connectivity index (χ4n) is 1.90. The summed E-state index contributed by atoms with van der Waals surface area (Å²) in [4.78, 5) is 16.1. The van der Waals surface area contributed by atoms with E-state index >= 15 is 0 Å². The van der Waals surface area contributed by atoms with Gasteiger partial charge >= 0.3 is 0 Å². The van der Waals surface area contributed by atoms with Gasteiger partial charge in [-0.1, -0.05) is 30.3 Å². The monoisotopic (exact) mass is 268 g/mol. The number of amides is 1. The van der Waals surface area contributed by atoms with Gasteiger partial charge in [0.25, 0.3) is 0 Å². The molecule has 2 rings (SSSR count). The fourth-order valence-corrected chi connectivity index (χ4v) is 1.90. The van der Waals surface area contributed by atoms with Gasteiger partial charge in [-0.3, -0.25) is 4.79 Å². The number of nitrogens with one attached hydrogen (secondary N) is 1. The van der Waals surface area contributed by atoms with Gasteiger partial charge in [0.05, 0.1) is 12.6 Å². The summed E-state index contributed by atoms with van der Waals surface area (Å²) in [6, 6.07) is 11.6. The standard InChI is InChI=1S/C15H16N4O/c1-19-8-7-17-14(19)11-18-15(20)13(10-16)9-12-5-3-2-4-6-12/h2-8,13H,9,11H2,1H3,(H,18,20). The van der Waals surface area contributed by atoms with E-state index in [1.165, 1.54) is 0 Å². The van der Waals surface area contributed by atoms with E-state index in [0.29, 0.717) is 13.0 Å². The Morgan fingerprint density at radius 2 is 2.20 bits per heavy atom. The summed E-state index contributed by atoms with van der Waals surface area (Å²) in [5, 5.41) is 11.9. The molecule has 0 aliphatic rings. The molecule has 0 aliphatic carbocycles. The minimum Gasteiger partial charge on any atom is -0.348 e. The Morgan fingerprint density at radius 3 is 2.80 bits per heavy atom. The second-order valence-corrected chi connectivity index (χ2v) is 4.54. The first kappa shape index (κ1) is 13.8. The van der Waals surface area contributed by atoms with Gasteiger partial charge in [-0.15, -0.1) is 0 Å². The topological polar surface area (TPSA) is 70.7 Å². The lowest BCUT2D eigenvalue weighted by atomic mass is 10.00. The zero-order chi connectivity index (χ0) is 14.4. The summed E-state index contributed by atoms with van der Waals surface area (Å²) in [7, 11) is 1.86. The van der Waals surface area contributed by atoms with Crippen LogP contribution in [-0.4, -0.2) is 15.5 Å². The van der Waals surface area contributed by atoms with E-state index in [1.807, 2.05) is 48.1 Å². The quantitative estimate of drug-likeness (QED) is 0.891. The van der Waals surface area contributed by atoms with Crippen LogP contribution in [0, 0.1) is 17.2 Å². The summed E-state index contributed by atoms with van der Waals surface area (Å²) < 4.78 is 1.83. The third-order valence-electron chi connectivity index (χ3n) is 3.10. The molecule has 0 fully saturated rings. The van der Waals surface area contributed by atoms with Crippen LogP contribution < -0.4 is 5.32 Å². The van der Waals surface area contributed by atoms with Gasteiger partial charge in [0.2, 0.25) is 5.91 Å². The van der Waals surface area contributed by atoms with Crippen molar-refractivity contribution in [2.75, 3.05) is 0 Å². The van der Waals surface area contributed by atoms with Gasteiger partial charge in [-0.05, 0) is 12.0 Å². The van der Waals surface area contributed by atoms with E-state index in [2.05, 4.69) is 16.4 Å².